The van der Waals surface area contributed by atoms with Gasteiger partial charge in [0.05, 0.1) is 19.3 Å². The number of rotatable bonds is 7. The minimum atomic E-state index is -0.500. The Balaban J connectivity index is 2.29. The number of carbonyl (C=O) groups is 1. The molecule has 0 spiro atoms. The van der Waals surface area contributed by atoms with Gasteiger partial charge in [-0.3, -0.25) is 9.59 Å². The van der Waals surface area contributed by atoms with Gasteiger partial charge in [-0.25, -0.2) is 0 Å². The highest BCUT2D eigenvalue weighted by atomic mass is 32.2. The average molecular weight is 362 g/mol. The molecule has 0 aliphatic rings. The van der Waals surface area contributed by atoms with Gasteiger partial charge in [0.2, 0.25) is 11.2 Å². The molecule has 0 aliphatic carbocycles. The van der Waals surface area contributed by atoms with Gasteiger partial charge in [0, 0.05) is 16.9 Å². The van der Waals surface area contributed by atoms with Gasteiger partial charge in [-0.2, -0.15) is 0 Å². The Hall–Kier alpha value is -2.21. The second-order valence-electron chi connectivity index (χ2n) is 6.02. The van der Waals surface area contributed by atoms with Gasteiger partial charge in [-0.05, 0) is 18.1 Å². The van der Waals surface area contributed by atoms with Gasteiger partial charge in [0.1, 0.15) is 5.76 Å². The Morgan fingerprint density at radius 1 is 1.28 bits per heavy atom. The van der Waals surface area contributed by atoms with E-state index < -0.39 is 23.1 Å². The fraction of sp³-hybridized carbons (Fsp3) is 0.368. The smallest absolute Gasteiger partial charge is 0.306 e. The third-order valence-corrected chi connectivity index (χ3v) is 4.91. The number of carbonyl (C=O) groups excluding carboxylic acids is 1. The molecule has 1 heterocycles. The van der Waals surface area contributed by atoms with Crippen LogP contribution in [0.5, 0.6) is 5.75 Å². The molecule has 1 aromatic heterocycles. The van der Waals surface area contributed by atoms with E-state index in [2.05, 4.69) is 0 Å². The van der Waals surface area contributed by atoms with Crippen molar-refractivity contribution in [3.05, 3.63) is 58.1 Å². The van der Waals surface area contributed by atoms with Gasteiger partial charge < -0.3 is 14.3 Å². The molecule has 0 unspecified atom stereocenters. The molecule has 25 heavy (non-hydrogen) atoms. The first kappa shape index (κ1) is 19.1. The number of hydrogen-bond donors (Lipinski definition) is 1. The number of methoxy groups -OCH3 is 1. The minimum absolute atomic E-state index is 0.00910. The van der Waals surface area contributed by atoms with Crippen molar-refractivity contribution in [2.75, 3.05) is 7.11 Å². The van der Waals surface area contributed by atoms with E-state index in [9.17, 15) is 14.7 Å². The maximum atomic E-state index is 12.1. The topological polar surface area (TPSA) is 76.7 Å². The highest BCUT2D eigenvalue weighted by Gasteiger charge is 2.27. The molecule has 1 aromatic carbocycles. The Morgan fingerprint density at radius 3 is 2.56 bits per heavy atom. The van der Waals surface area contributed by atoms with Crippen molar-refractivity contribution < 1.29 is 19.1 Å². The number of esters is 1. The quantitative estimate of drug-likeness (QED) is 0.594. The molecular weight excluding hydrogens is 340 g/mol. The molecule has 2 aromatic rings. The summed E-state index contributed by atoms with van der Waals surface area (Å²) < 4.78 is 10.5. The molecular formula is C19H22O5S. The number of hydrogen-bond acceptors (Lipinski definition) is 6. The molecule has 1 N–H and O–H groups in total. The molecule has 0 saturated heterocycles. The molecule has 0 amide bonds. The largest absolute Gasteiger partial charge is 0.502 e. The molecule has 5 nitrogen and oxygen atoms in total. The Bertz CT molecular complexity index is 767. The third kappa shape index (κ3) is 5.13. The van der Waals surface area contributed by atoms with Crippen molar-refractivity contribution in [1.82, 2.24) is 0 Å². The van der Waals surface area contributed by atoms with Crippen LogP contribution in [0.4, 0.5) is 0 Å². The first-order valence-corrected chi connectivity index (χ1v) is 9.01. The van der Waals surface area contributed by atoms with Crippen molar-refractivity contribution in [1.29, 1.82) is 0 Å². The monoisotopic (exact) mass is 362 g/mol. The van der Waals surface area contributed by atoms with Crippen molar-refractivity contribution in [3.63, 3.8) is 0 Å². The standard InChI is InChI=1S/C19H22O5S/c1-12(2)15(10-17(21)23-3)19-18(22)16(20)9-13(24-19)11-25-14-7-5-4-6-8-14/h4-9,12,15,22H,10-11H2,1-3H3/t15-/m1/s1. The maximum absolute atomic E-state index is 12.1. The molecule has 2 rings (SSSR count). The number of ether oxygens (including phenoxy) is 1. The first-order chi connectivity index (χ1) is 11.9. The lowest BCUT2D eigenvalue weighted by Crippen LogP contribution is -2.16. The van der Waals surface area contributed by atoms with Crippen LogP contribution in [-0.4, -0.2) is 18.2 Å². The van der Waals surface area contributed by atoms with E-state index in [1.165, 1.54) is 24.9 Å². The van der Waals surface area contributed by atoms with E-state index in [1.54, 1.807) is 0 Å². The van der Waals surface area contributed by atoms with E-state index in [-0.39, 0.29) is 18.1 Å². The summed E-state index contributed by atoms with van der Waals surface area (Å²) in [6.07, 6.45) is 0.0416. The van der Waals surface area contributed by atoms with Crippen LogP contribution in [-0.2, 0) is 15.3 Å². The van der Waals surface area contributed by atoms with Crippen LogP contribution in [0.25, 0.3) is 0 Å². The Morgan fingerprint density at radius 2 is 1.96 bits per heavy atom. The first-order valence-electron chi connectivity index (χ1n) is 8.03. The summed E-state index contributed by atoms with van der Waals surface area (Å²) in [5.41, 5.74) is -0.500. The van der Waals surface area contributed by atoms with Crippen molar-refractivity contribution in [3.8, 4) is 5.75 Å². The summed E-state index contributed by atoms with van der Waals surface area (Å²) in [5.74, 6) is -0.220. The minimum Gasteiger partial charge on any atom is -0.502 e. The normalized spacial score (nSPS) is 12.2. The van der Waals surface area contributed by atoms with E-state index in [0.29, 0.717) is 11.5 Å². The molecule has 0 fully saturated rings. The van der Waals surface area contributed by atoms with Crippen LogP contribution in [0, 0.1) is 5.92 Å². The lowest BCUT2D eigenvalue weighted by molar-refractivity contribution is -0.141. The van der Waals surface area contributed by atoms with Crippen molar-refractivity contribution in [2.24, 2.45) is 5.92 Å². The van der Waals surface area contributed by atoms with Crippen LogP contribution in [0.2, 0.25) is 0 Å². The Kier molecular flexibility index (Phi) is 6.70. The second-order valence-corrected chi connectivity index (χ2v) is 7.07. The molecule has 0 saturated carbocycles. The summed E-state index contributed by atoms with van der Waals surface area (Å²) in [4.78, 5) is 24.8. The fourth-order valence-corrected chi connectivity index (χ4v) is 3.24. The summed E-state index contributed by atoms with van der Waals surface area (Å²) in [6, 6.07) is 11.0. The molecule has 6 heteroatoms. The van der Waals surface area contributed by atoms with Crippen LogP contribution < -0.4 is 5.43 Å². The molecule has 0 aliphatic heterocycles. The van der Waals surface area contributed by atoms with Crippen LogP contribution in [0.3, 0.4) is 0 Å². The number of aromatic hydroxyl groups is 1. The molecule has 134 valence electrons. The highest BCUT2D eigenvalue weighted by Crippen LogP contribution is 2.34. The van der Waals surface area contributed by atoms with Crippen molar-refractivity contribution >= 4 is 17.7 Å². The second kappa shape index (κ2) is 8.76. The van der Waals surface area contributed by atoms with Crippen LogP contribution >= 0.6 is 11.8 Å². The zero-order chi connectivity index (χ0) is 18.4. The maximum Gasteiger partial charge on any atom is 0.306 e. The molecule has 0 radical (unpaired) electrons. The van der Waals surface area contributed by atoms with Gasteiger partial charge >= 0.3 is 5.97 Å². The van der Waals surface area contributed by atoms with E-state index in [1.807, 2.05) is 44.2 Å². The predicted molar refractivity (Wildman–Crippen MR) is 96.9 cm³/mol. The lowest BCUT2D eigenvalue weighted by atomic mass is 9.89. The van der Waals surface area contributed by atoms with Crippen LogP contribution in [0.1, 0.15) is 37.7 Å². The van der Waals surface area contributed by atoms with Crippen LogP contribution in [0.15, 0.2) is 50.5 Å². The molecule has 1 atom stereocenters. The summed E-state index contributed by atoms with van der Waals surface area (Å²) >= 11 is 1.53. The highest BCUT2D eigenvalue weighted by molar-refractivity contribution is 7.98. The van der Waals surface area contributed by atoms with E-state index >= 15 is 0 Å². The Labute approximate surface area is 151 Å². The van der Waals surface area contributed by atoms with E-state index in [4.69, 9.17) is 9.15 Å². The summed E-state index contributed by atoms with van der Waals surface area (Å²) in [6.45, 7) is 3.80. The third-order valence-electron chi connectivity index (χ3n) is 3.88. The molecule has 0 bridgehead atoms. The summed E-state index contributed by atoms with van der Waals surface area (Å²) in [7, 11) is 1.31. The number of thioether (sulfide) groups is 1. The average Bonchev–Trinajstić information content (AvgIpc) is 2.61. The van der Waals surface area contributed by atoms with Gasteiger partial charge in [0.25, 0.3) is 0 Å². The van der Waals surface area contributed by atoms with Gasteiger partial charge in [-0.15, -0.1) is 11.8 Å². The SMILES string of the molecule is COC(=O)C[C@@H](c1oc(CSc2ccccc2)cc(=O)c1O)C(C)C. The van der Waals surface area contributed by atoms with Crippen molar-refractivity contribution in [2.45, 2.75) is 36.8 Å². The van der Waals surface area contributed by atoms with Gasteiger partial charge in [0.15, 0.2) is 5.76 Å². The number of benzene rings is 1. The lowest BCUT2D eigenvalue weighted by Gasteiger charge is -2.20. The fourth-order valence-electron chi connectivity index (χ4n) is 2.44. The predicted octanol–water partition coefficient (Wildman–Crippen LogP) is 3.94. The van der Waals surface area contributed by atoms with E-state index in [0.717, 1.165) is 4.90 Å². The zero-order valence-electron chi connectivity index (χ0n) is 14.5. The zero-order valence-corrected chi connectivity index (χ0v) is 15.3. The van der Waals surface area contributed by atoms with Gasteiger partial charge in [-0.1, -0.05) is 32.0 Å². The summed E-state index contributed by atoms with van der Waals surface area (Å²) in [5, 5.41) is 10.1.